The van der Waals surface area contributed by atoms with Crippen molar-refractivity contribution in [1.29, 1.82) is 0 Å². The highest BCUT2D eigenvalue weighted by Gasteiger charge is 2.35. The largest absolute Gasteiger partial charge is 0.505 e. The number of carbonyl (C=O) groups excluding carboxylic acids is 2. The van der Waals surface area contributed by atoms with E-state index in [0.717, 1.165) is 0 Å². The van der Waals surface area contributed by atoms with Gasteiger partial charge in [0.1, 0.15) is 17.2 Å². The SMILES string of the molecule is C=C(C)C(=O)OC(C)N1c2ccc(C(=O)O)cc2NN1c1ccc(OC(=O)C=CC)cc1O. The molecule has 1 aliphatic heterocycles. The Bertz CT molecular complexity index is 1160. The molecule has 1 heterocycles. The van der Waals surface area contributed by atoms with Crippen molar-refractivity contribution in [3.8, 4) is 11.5 Å². The summed E-state index contributed by atoms with van der Waals surface area (Å²) >= 11 is 0. The molecule has 10 nitrogen and oxygen atoms in total. The Morgan fingerprint density at radius 1 is 1.15 bits per heavy atom. The summed E-state index contributed by atoms with van der Waals surface area (Å²) in [4.78, 5) is 35.2. The molecule has 2 aromatic rings. The number of allylic oxidation sites excluding steroid dienone is 1. The van der Waals surface area contributed by atoms with E-state index >= 15 is 0 Å². The summed E-state index contributed by atoms with van der Waals surface area (Å²) < 4.78 is 10.6. The van der Waals surface area contributed by atoms with Crippen LogP contribution >= 0.6 is 0 Å². The van der Waals surface area contributed by atoms with Gasteiger partial charge < -0.3 is 19.7 Å². The fraction of sp³-hybridized carbons (Fsp3) is 0.174. The monoisotopic (exact) mass is 453 g/mol. The summed E-state index contributed by atoms with van der Waals surface area (Å²) in [5, 5.41) is 22.9. The van der Waals surface area contributed by atoms with E-state index in [1.54, 1.807) is 19.9 Å². The smallest absolute Gasteiger partial charge is 0.335 e. The maximum atomic E-state index is 12.1. The molecule has 1 aliphatic rings. The van der Waals surface area contributed by atoms with Crippen LogP contribution in [0.4, 0.5) is 17.1 Å². The van der Waals surface area contributed by atoms with Crippen molar-refractivity contribution in [3.63, 3.8) is 0 Å². The Balaban J connectivity index is 1.99. The number of carboxylic acids is 1. The topological polar surface area (TPSA) is 129 Å². The van der Waals surface area contributed by atoms with Gasteiger partial charge in [0.15, 0.2) is 6.23 Å². The summed E-state index contributed by atoms with van der Waals surface area (Å²) in [6.07, 6.45) is 1.90. The second kappa shape index (κ2) is 9.35. The third-order valence-corrected chi connectivity index (χ3v) is 4.60. The highest BCUT2D eigenvalue weighted by atomic mass is 16.6. The lowest BCUT2D eigenvalue weighted by Crippen LogP contribution is -2.49. The summed E-state index contributed by atoms with van der Waals surface area (Å²) in [6, 6.07) is 8.62. The van der Waals surface area contributed by atoms with E-state index in [-0.39, 0.29) is 28.3 Å². The number of esters is 2. The molecule has 0 saturated carbocycles. The molecular formula is C23H23N3O7. The first-order chi connectivity index (χ1) is 15.6. The van der Waals surface area contributed by atoms with Crippen LogP contribution in [-0.2, 0) is 14.3 Å². The van der Waals surface area contributed by atoms with Crippen LogP contribution in [0.2, 0.25) is 0 Å². The summed E-state index contributed by atoms with van der Waals surface area (Å²) in [5.74, 6) is -2.45. The molecule has 0 aliphatic carbocycles. The molecule has 0 aromatic heterocycles. The van der Waals surface area contributed by atoms with Gasteiger partial charge in [-0.15, -0.1) is 0 Å². The molecule has 0 radical (unpaired) electrons. The Kier molecular flexibility index (Phi) is 6.57. The van der Waals surface area contributed by atoms with Gasteiger partial charge in [0.05, 0.1) is 16.9 Å². The van der Waals surface area contributed by atoms with Crippen molar-refractivity contribution >= 4 is 35.0 Å². The third-order valence-electron chi connectivity index (χ3n) is 4.60. The van der Waals surface area contributed by atoms with Gasteiger partial charge in [0, 0.05) is 17.7 Å². The molecule has 1 unspecified atom stereocenters. The van der Waals surface area contributed by atoms with Gasteiger partial charge in [-0.05, 0) is 51.1 Å². The van der Waals surface area contributed by atoms with E-state index < -0.39 is 24.1 Å². The number of nitrogens with zero attached hydrogens (tertiary/aromatic N) is 2. The molecule has 3 rings (SSSR count). The van der Waals surface area contributed by atoms with E-state index in [1.807, 2.05) is 0 Å². The Morgan fingerprint density at radius 3 is 2.45 bits per heavy atom. The zero-order chi connectivity index (χ0) is 24.3. The Morgan fingerprint density at radius 2 is 1.85 bits per heavy atom. The lowest BCUT2D eigenvalue weighted by atomic mass is 10.1. The molecule has 1 atom stereocenters. The number of rotatable bonds is 7. The number of phenols is 1. The fourth-order valence-electron chi connectivity index (χ4n) is 3.11. The number of hydrazine groups is 2. The summed E-state index contributed by atoms with van der Waals surface area (Å²) in [7, 11) is 0. The number of fused-ring (bicyclic) bond motifs is 1. The van der Waals surface area contributed by atoms with Crippen molar-refractivity contribution in [2.45, 2.75) is 27.0 Å². The van der Waals surface area contributed by atoms with Gasteiger partial charge in [0.2, 0.25) is 0 Å². The normalized spacial score (nSPS) is 13.3. The summed E-state index contributed by atoms with van der Waals surface area (Å²) in [5.41, 5.74) is 4.40. The average molecular weight is 453 g/mol. The van der Waals surface area contributed by atoms with Crippen LogP contribution in [0, 0.1) is 0 Å². The highest BCUT2D eigenvalue weighted by Crippen LogP contribution is 2.42. The molecular weight excluding hydrogens is 430 g/mol. The molecule has 0 saturated heterocycles. The van der Waals surface area contributed by atoms with Crippen LogP contribution < -0.4 is 20.3 Å². The number of hydrogen-bond acceptors (Lipinski definition) is 9. The minimum atomic E-state index is -1.11. The van der Waals surface area contributed by atoms with Gasteiger partial charge >= 0.3 is 17.9 Å². The van der Waals surface area contributed by atoms with Crippen LogP contribution in [0.1, 0.15) is 31.1 Å². The maximum absolute atomic E-state index is 12.1. The van der Waals surface area contributed by atoms with E-state index in [4.69, 9.17) is 9.47 Å². The predicted molar refractivity (Wildman–Crippen MR) is 121 cm³/mol. The molecule has 3 N–H and O–H groups in total. The molecule has 10 heteroatoms. The first-order valence-corrected chi connectivity index (χ1v) is 9.89. The van der Waals surface area contributed by atoms with Crippen molar-refractivity contribution in [1.82, 2.24) is 0 Å². The first-order valence-electron chi connectivity index (χ1n) is 9.89. The fourth-order valence-corrected chi connectivity index (χ4v) is 3.11. The number of carbonyl (C=O) groups is 3. The van der Waals surface area contributed by atoms with Gasteiger partial charge in [-0.2, -0.15) is 5.12 Å². The second-order valence-corrected chi connectivity index (χ2v) is 7.16. The van der Waals surface area contributed by atoms with E-state index in [2.05, 4.69) is 12.0 Å². The van der Waals surface area contributed by atoms with Gasteiger partial charge in [0.25, 0.3) is 0 Å². The van der Waals surface area contributed by atoms with Crippen LogP contribution in [-0.4, -0.2) is 34.3 Å². The van der Waals surface area contributed by atoms with Crippen molar-refractivity contribution in [2.75, 3.05) is 15.6 Å². The van der Waals surface area contributed by atoms with Crippen LogP contribution in [0.25, 0.3) is 0 Å². The lowest BCUT2D eigenvalue weighted by molar-refractivity contribution is -0.143. The van der Waals surface area contributed by atoms with E-state index in [1.165, 1.54) is 59.5 Å². The average Bonchev–Trinajstić information content (AvgIpc) is 3.12. The van der Waals surface area contributed by atoms with E-state index in [0.29, 0.717) is 11.4 Å². The third kappa shape index (κ3) is 4.90. The number of hydrogen-bond donors (Lipinski definition) is 3. The number of aromatic carboxylic acids is 1. The van der Waals surface area contributed by atoms with Gasteiger partial charge in [-0.25, -0.2) is 19.4 Å². The molecule has 0 bridgehead atoms. The molecule has 2 aromatic carbocycles. The van der Waals surface area contributed by atoms with Crippen molar-refractivity contribution < 1.29 is 34.1 Å². The molecule has 0 spiro atoms. The predicted octanol–water partition coefficient (Wildman–Crippen LogP) is 3.61. The second-order valence-electron chi connectivity index (χ2n) is 7.16. The van der Waals surface area contributed by atoms with Crippen molar-refractivity contribution in [3.05, 3.63) is 66.3 Å². The zero-order valence-electron chi connectivity index (χ0n) is 18.2. The number of benzene rings is 2. The van der Waals surface area contributed by atoms with Gasteiger partial charge in [-0.3, -0.25) is 5.43 Å². The Hall–Kier alpha value is -4.47. The lowest BCUT2D eigenvalue weighted by Gasteiger charge is -2.35. The minimum absolute atomic E-state index is 0.0464. The number of carboxylic acid groups (broad SMARTS) is 1. The minimum Gasteiger partial charge on any atom is -0.505 e. The maximum Gasteiger partial charge on any atom is 0.335 e. The van der Waals surface area contributed by atoms with E-state index in [9.17, 15) is 24.6 Å². The zero-order valence-corrected chi connectivity index (χ0v) is 18.2. The Labute approximate surface area is 189 Å². The standard InChI is InChI=1S/C23H23N3O7/c1-5-6-21(28)33-16-8-10-19(20(27)12-16)26-24-17-11-15(22(29)30)7-9-18(17)25(26)14(4)32-23(31)13(2)3/h5-12,14,24,27H,2H2,1,3-4H3,(H,29,30). The first kappa shape index (κ1) is 23.2. The van der Waals surface area contributed by atoms with Crippen molar-refractivity contribution in [2.24, 2.45) is 0 Å². The van der Waals surface area contributed by atoms with Gasteiger partial charge in [-0.1, -0.05) is 12.7 Å². The highest BCUT2D eigenvalue weighted by molar-refractivity contribution is 5.93. The summed E-state index contributed by atoms with van der Waals surface area (Å²) in [6.45, 7) is 8.37. The van der Waals surface area contributed by atoms with Crippen LogP contribution in [0.15, 0.2) is 60.7 Å². The van der Waals surface area contributed by atoms with Crippen LogP contribution in [0.5, 0.6) is 11.5 Å². The number of anilines is 3. The molecule has 172 valence electrons. The molecule has 0 amide bonds. The number of ether oxygens (including phenoxy) is 2. The number of aromatic hydroxyl groups is 1. The molecule has 33 heavy (non-hydrogen) atoms. The molecule has 0 fully saturated rings. The number of nitrogens with one attached hydrogen (secondary N) is 1. The quantitative estimate of drug-likeness (QED) is 0.325. The van der Waals surface area contributed by atoms with Crippen LogP contribution in [0.3, 0.4) is 0 Å². The number of phenolic OH excluding ortho intramolecular Hbond substituents is 1.